The maximum absolute atomic E-state index is 10.7. The maximum atomic E-state index is 10.7. The van der Waals surface area contributed by atoms with E-state index in [9.17, 15) is 4.79 Å². The van der Waals surface area contributed by atoms with Crippen LogP contribution in [-0.4, -0.2) is 12.1 Å². The SMILES string of the molecule is C=CCC1CCC(OC(C)=O)CC1. The zero-order valence-electron chi connectivity index (χ0n) is 8.29. The first-order valence-corrected chi connectivity index (χ1v) is 5.00. The lowest BCUT2D eigenvalue weighted by molar-refractivity contribution is -0.148. The van der Waals surface area contributed by atoms with Crippen molar-refractivity contribution in [3.63, 3.8) is 0 Å². The Balaban J connectivity index is 2.22. The van der Waals surface area contributed by atoms with Gasteiger partial charge in [0.15, 0.2) is 0 Å². The van der Waals surface area contributed by atoms with E-state index in [1.54, 1.807) is 0 Å². The molecule has 1 rings (SSSR count). The number of hydrogen-bond donors (Lipinski definition) is 0. The van der Waals surface area contributed by atoms with Crippen molar-refractivity contribution < 1.29 is 9.53 Å². The third kappa shape index (κ3) is 3.62. The molecule has 0 aliphatic heterocycles. The Morgan fingerprint density at radius 3 is 2.54 bits per heavy atom. The summed E-state index contributed by atoms with van der Waals surface area (Å²) < 4.78 is 5.15. The highest BCUT2D eigenvalue weighted by molar-refractivity contribution is 5.66. The van der Waals surface area contributed by atoms with E-state index >= 15 is 0 Å². The minimum Gasteiger partial charge on any atom is -0.463 e. The minimum atomic E-state index is -0.146. The van der Waals surface area contributed by atoms with E-state index in [2.05, 4.69) is 6.58 Å². The summed E-state index contributed by atoms with van der Waals surface area (Å²) in [6.45, 7) is 5.22. The standard InChI is InChI=1S/C11H18O2/c1-3-4-10-5-7-11(8-6-10)13-9(2)12/h3,10-11H,1,4-8H2,2H3. The monoisotopic (exact) mass is 182 g/mol. The van der Waals surface area contributed by atoms with Gasteiger partial charge in [-0.2, -0.15) is 0 Å². The van der Waals surface area contributed by atoms with Gasteiger partial charge in [-0.1, -0.05) is 6.08 Å². The summed E-state index contributed by atoms with van der Waals surface area (Å²) in [6, 6.07) is 0. The second-order valence-electron chi connectivity index (χ2n) is 3.78. The Morgan fingerprint density at radius 2 is 2.08 bits per heavy atom. The first-order chi connectivity index (χ1) is 6.22. The number of ether oxygens (including phenoxy) is 1. The van der Waals surface area contributed by atoms with Gasteiger partial charge in [-0.25, -0.2) is 0 Å². The molecule has 1 fully saturated rings. The Hall–Kier alpha value is -0.790. The topological polar surface area (TPSA) is 26.3 Å². The number of hydrogen-bond acceptors (Lipinski definition) is 2. The fourth-order valence-electron chi connectivity index (χ4n) is 1.96. The molecule has 0 aromatic rings. The third-order valence-electron chi connectivity index (χ3n) is 2.63. The molecule has 0 radical (unpaired) electrons. The lowest BCUT2D eigenvalue weighted by Gasteiger charge is -2.27. The van der Waals surface area contributed by atoms with Crippen LogP contribution in [0.15, 0.2) is 12.7 Å². The van der Waals surface area contributed by atoms with Gasteiger partial charge in [0.1, 0.15) is 6.10 Å². The molecule has 13 heavy (non-hydrogen) atoms. The summed E-state index contributed by atoms with van der Waals surface area (Å²) in [5.41, 5.74) is 0. The molecule has 0 unspecified atom stereocenters. The number of esters is 1. The van der Waals surface area contributed by atoms with Gasteiger partial charge < -0.3 is 4.74 Å². The molecular weight excluding hydrogens is 164 g/mol. The molecule has 0 bridgehead atoms. The van der Waals surface area contributed by atoms with Gasteiger partial charge >= 0.3 is 5.97 Å². The highest BCUT2D eigenvalue weighted by Gasteiger charge is 2.21. The van der Waals surface area contributed by atoms with Crippen molar-refractivity contribution >= 4 is 5.97 Å². The van der Waals surface area contributed by atoms with Crippen molar-refractivity contribution in [2.24, 2.45) is 5.92 Å². The summed E-state index contributed by atoms with van der Waals surface area (Å²) in [7, 11) is 0. The van der Waals surface area contributed by atoms with Crippen LogP contribution in [0.1, 0.15) is 39.0 Å². The van der Waals surface area contributed by atoms with E-state index in [0.29, 0.717) is 0 Å². The fraction of sp³-hybridized carbons (Fsp3) is 0.727. The largest absolute Gasteiger partial charge is 0.463 e. The lowest BCUT2D eigenvalue weighted by atomic mass is 9.85. The normalized spacial score (nSPS) is 28.1. The molecule has 1 saturated carbocycles. The van der Waals surface area contributed by atoms with E-state index < -0.39 is 0 Å². The van der Waals surface area contributed by atoms with Crippen molar-refractivity contribution in [1.29, 1.82) is 0 Å². The molecule has 0 atom stereocenters. The number of carbonyl (C=O) groups excluding carboxylic acids is 1. The molecule has 0 N–H and O–H groups in total. The smallest absolute Gasteiger partial charge is 0.302 e. The van der Waals surface area contributed by atoms with Gasteiger partial charge in [0, 0.05) is 6.92 Å². The fourth-order valence-corrected chi connectivity index (χ4v) is 1.96. The Morgan fingerprint density at radius 1 is 1.46 bits per heavy atom. The van der Waals surface area contributed by atoms with Gasteiger partial charge in [0.05, 0.1) is 0 Å². The summed E-state index contributed by atoms with van der Waals surface area (Å²) in [5, 5.41) is 0. The third-order valence-corrected chi connectivity index (χ3v) is 2.63. The molecule has 0 aromatic heterocycles. The molecule has 0 heterocycles. The van der Waals surface area contributed by atoms with Crippen LogP contribution in [0.2, 0.25) is 0 Å². The van der Waals surface area contributed by atoms with E-state index in [0.717, 1.165) is 25.2 Å². The first-order valence-electron chi connectivity index (χ1n) is 5.00. The molecule has 0 saturated heterocycles. The first kappa shape index (κ1) is 10.3. The molecule has 2 heteroatoms. The maximum Gasteiger partial charge on any atom is 0.302 e. The zero-order valence-corrected chi connectivity index (χ0v) is 8.29. The van der Waals surface area contributed by atoms with Gasteiger partial charge in [-0.3, -0.25) is 4.79 Å². The van der Waals surface area contributed by atoms with Crippen LogP contribution < -0.4 is 0 Å². The average Bonchev–Trinajstić information content (AvgIpc) is 2.08. The van der Waals surface area contributed by atoms with Crippen molar-refractivity contribution in [3.8, 4) is 0 Å². The van der Waals surface area contributed by atoms with Gasteiger partial charge in [0.25, 0.3) is 0 Å². The highest BCUT2D eigenvalue weighted by atomic mass is 16.5. The summed E-state index contributed by atoms with van der Waals surface area (Å²) in [5.74, 6) is 0.622. The predicted octanol–water partition coefficient (Wildman–Crippen LogP) is 2.68. The molecule has 1 aliphatic carbocycles. The molecule has 74 valence electrons. The molecular formula is C11H18O2. The van der Waals surface area contributed by atoms with Crippen LogP contribution in [-0.2, 0) is 9.53 Å². The highest BCUT2D eigenvalue weighted by Crippen LogP contribution is 2.28. The van der Waals surface area contributed by atoms with E-state index in [1.807, 2.05) is 6.08 Å². The molecule has 0 spiro atoms. The minimum absolute atomic E-state index is 0.146. The number of rotatable bonds is 3. The van der Waals surface area contributed by atoms with Crippen LogP contribution in [0.5, 0.6) is 0 Å². The van der Waals surface area contributed by atoms with Crippen LogP contribution >= 0.6 is 0 Å². The lowest BCUT2D eigenvalue weighted by Crippen LogP contribution is -2.23. The van der Waals surface area contributed by atoms with Crippen LogP contribution in [0.3, 0.4) is 0 Å². The number of allylic oxidation sites excluding steroid dienone is 1. The Bertz CT molecular complexity index is 179. The second kappa shape index (κ2) is 5.05. The molecule has 2 nitrogen and oxygen atoms in total. The van der Waals surface area contributed by atoms with Crippen LogP contribution in [0, 0.1) is 5.92 Å². The molecule has 0 aromatic carbocycles. The quantitative estimate of drug-likeness (QED) is 0.495. The number of carbonyl (C=O) groups is 1. The molecule has 1 aliphatic rings. The zero-order chi connectivity index (χ0) is 9.68. The Labute approximate surface area is 80.0 Å². The van der Waals surface area contributed by atoms with Gasteiger partial charge in [-0.15, -0.1) is 6.58 Å². The van der Waals surface area contributed by atoms with E-state index in [1.165, 1.54) is 19.8 Å². The average molecular weight is 182 g/mol. The van der Waals surface area contributed by atoms with Crippen molar-refractivity contribution in [1.82, 2.24) is 0 Å². The van der Waals surface area contributed by atoms with Crippen LogP contribution in [0.4, 0.5) is 0 Å². The van der Waals surface area contributed by atoms with E-state index in [4.69, 9.17) is 4.74 Å². The van der Waals surface area contributed by atoms with Gasteiger partial charge in [-0.05, 0) is 38.0 Å². The second-order valence-corrected chi connectivity index (χ2v) is 3.78. The van der Waals surface area contributed by atoms with Crippen LogP contribution in [0.25, 0.3) is 0 Å². The van der Waals surface area contributed by atoms with Crippen molar-refractivity contribution in [3.05, 3.63) is 12.7 Å². The van der Waals surface area contributed by atoms with Gasteiger partial charge in [0.2, 0.25) is 0 Å². The Kier molecular flexibility index (Phi) is 4.00. The summed E-state index contributed by atoms with van der Waals surface area (Å²) in [4.78, 5) is 10.7. The van der Waals surface area contributed by atoms with Crippen molar-refractivity contribution in [2.75, 3.05) is 0 Å². The summed E-state index contributed by atoms with van der Waals surface area (Å²) in [6.07, 6.45) is 7.66. The van der Waals surface area contributed by atoms with Crippen molar-refractivity contribution in [2.45, 2.75) is 45.1 Å². The predicted molar refractivity (Wildman–Crippen MR) is 52.3 cm³/mol. The molecule has 0 amide bonds. The van der Waals surface area contributed by atoms with E-state index in [-0.39, 0.29) is 12.1 Å². The summed E-state index contributed by atoms with van der Waals surface area (Å²) >= 11 is 0.